The van der Waals surface area contributed by atoms with Gasteiger partial charge in [0.25, 0.3) is 11.5 Å². The lowest BCUT2D eigenvalue weighted by molar-refractivity contribution is 0.0156. The van der Waals surface area contributed by atoms with Gasteiger partial charge in [-0.15, -0.1) is 0 Å². The smallest absolute Gasteiger partial charge is 0.261 e. The lowest BCUT2D eigenvalue weighted by Gasteiger charge is -2.28. The second-order valence-corrected chi connectivity index (χ2v) is 6.59. The Bertz CT molecular complexity index is 804. The van der Waals surface area contributed by atoms with Gasteiger partial charge < -0.3 is 15.0 Å². The lowest BCUT2D eigenvalue weighted by Crippen LogP contribution is -2.43. The number of amides is 1. The minimum Gasteiger partial charge on any atom is -0.388 e. The predicted octanol–water partition coefficient (Wildman–Crippen LogP) is 2.21. The Morgan fingerprint density at radius 2 is 1.96 bits per heavy atom. The molecule has 0 spiro atoms. The number of aliphatic hydroxyl groups is 1. The van der Waals surface area contributed by atoms with E-state index < -0.39 is 5.60 Å². The second kappa shape index (κ2) is 5.81. The van der Waals surface area contributed by atoms with Crippen LogP contribution in [-0.2, 0) is 0 Å². The number of carbonyl (C=O) groups excluding carboxylic acids is 1. The van der Waals surface area contributed by atoms with Crippen LogP contribution in [0.3, 0.4) is 0 Å². The fourth-order valence-corrected chi connectivity index (χ4v) is 3.56. The molecule has 0 atom stereocenters. The van der Waals surface area contributed by atoms with Crippen molar-refractivity contribution in [3.8, 4) is 0 Å². The zero-order chi connectivity index (χ0) is 16.6. The first-order valence-corrected chi connectivity index (χ1v) is 8.01. The number of rotatable bonds is 3. The van der Waals surface area contributed by atoms with Crippen molar-refractivity contribution in [2.45, 2.75) is 38.2 Å². The van der Waals surface area contributed by atoms with Crippen LogP contribution in [0.5, 0.6) is 0 Å². The van der Waals surface area contributed by atoms with Gasteiger partial charge in [0.05, 0.1) is 5.60 Å². The summed E-state index contributed by atoms with van der Waals surface area (Å²) in [6.07, 6.45) is 3.37. The third kappa shape index (κ3) is 2.88. The highest BCUT2D eigenvalue weighted by Crippen LogP contribution is 2.30. The molecule has 0 saturated heterocycles. The number of aromatic nitrogens is 1. The standard InChI is InChI=1S/C18H22N2O3/c1-12-13-7-3-4-8-14(13)19-16(21)15(12)17(22)20(2)11-18(23)9-5-6-10-18/h3-4,7-8,23H,5-6,9-11H2,1-2H3,(H,19,21). The Balaban J connectivity index is 1.96. The highest BCUT2D eigenvalue weighted by molar-refractivity contribution is 5.99. The van der Waals surface area contributed by atoms with Gasteiger partial charge in [-0.1, -0.05) is 31.0 Å². The van der Waals surface area contributed by atoms with Crippen LogP contribution in [-0.4, -0.2) is 40.1 Å². The van der Waals surface area contributed by atoms with Crippen LogP contribution in [0.2, 0.25) is 0 Å². The number of H-pyrrole nitrogens is 1. The largest absolute Gasteiger partial charge is 0.388 e. The molecule has 1 aliphatic carbocycles. The van der Waals surface area contributed by atoms with E-state index in [9.17, 15) is 14.7 Å². The summed E-state index contributed by atoms with van der Waals surface area (Å²) in [4.78, 5) is 29.3. The molecule has 0 bridgehead atoms. The molecular weight excluding hydrogens is 292 g/mol. The number of nitrogens with zero attached hydrogens (tertiary/aromatic N) is 1. The number of hydrogen-bond acceptors (Lipinski definition) is 3. The molecule has 23 heavy (non-hydrogen) atoms. The summed E-state index contributed by atoms with van der Waals surface area (Å²) in [5.74, 6) is -0.338. The molecule has 0 aliphatic heterocycles. The molecule has 1 fully saturated rings. The van der Waals surface area contributed by atoms with Crippen molar-refractivity contribution in [2.24, 2.45) is 0 Å². The second-order valence-electron chi connectivity index (χ2n) is 6.59. The van der Waals surface area contributed by atoms with Gasteiger partial charge in [-0.05, 0) is 31.4 Å². The number of carbonyl (C=O) groups is 1. The lowest BCUT2D eigenvalue weighted by atomic mass is 10.0. The molecule has 2 N–H and O–H groups in total. The van der Waals surface area contributed by atoms with Crippen molar-refractivity contribution in [2.75, 3.05) is 13.6 Å². The topological polar surface area (TPSA) is 73.4 Å². The van der Waals surface area contributed by atoms with Gasteiger partial charge in [0.1, 0.15) is 5.56 Å². The van der Waals surface area contributed by atoms with Crippen molar-refractivity contribution < 1.29 is 9.90 Å². The van der Waals surface area contributed by atoms with E-state index in [0.29, 0.717) is 18.4 Å². The van der Waals surface area contributed by atoms with Gasteiger partial charge in [-0.25, -0.2) is 0 Å². The number of aryl methyl sites for hydroxylation is 1. The average Bonchev–Trinajstić information content (AvgIpc) is 2.93. The maximum absolute atomic E-state index is 12.8. The van der Waals surface area contributed by atoms with Gasteiger partial charge in [0.15, 0.2) is 0 Å². The highest BCUT2D eigenvalue weighted by atomic mass is 16.3. The van der Waals surface area contributed by atoms with Gasteiger partial charge in [0.2, 0.25) is 0 Å². The summed E-state index contributed by atoms with van der Waals surface area (Å²) in [5.41, 5.74) is 0.370. The SMILES string of the molecule is Cc1c(C(=O)N(C)CC2(O)CCCC2)c(=O)[nH]c2ccccc12. The molecule has 1 aromatic carbocycles. The van der Waals surface area contributed by atoms with Gasteiger partial charge in [-0.3, -0.25) is 9.59 Å². The number of pyridine rings is 1. The van der Waals surface area contributed by atoms with E-state index in [2.05, 4.69) is 4.98 Å². The molecule has 5 heteroatoms. The zero-order valence-electron chi connectivity index (χ0n) is 13.6. The van der Waals surface area contributed by atoms with Crippen molar-refractivity contribution in [1.82, 2.24) is 9.88 Å². The van der Waals surface area contributed by atoms with E-state index in [1.54, 1.807) is 14.0 Å². The van der Waals surface area contributed by atoms with Crippen LogP contribution in [0.25, 0.3) is 10.9 Å². The van der Waals surface area contributed by atoms with Gasteiger partial charge in [-0.2, -0.15) is 0 Å². The molecule has 1 amide bonds. The molecule has 1 aromatic heterocycles. The minimum absolute atomic E-state index is 0.160. The van der Waals surface area contributed by atoms with Crippen LogP contribution in [0, 0.1) is 6.92 Å². The number of likely N-dealkylation sites (N-methyl/N-ethyl adjacent to an activating group) is 1. The number of fused-ring (bicyclic) bond motifs is 1. The summed E-state index contributed by atoms with van der Waals surface area (Å²) in [5, 5.41) is 11.4. The van der Waals surface area contributed by atoms with Crippen LogP contribution in [0.15, 0.2) is 29.1 Å². The molecule has 2 aromatic rings. The van der Waals surface area contributed by atoms with Gasteiger partial charge in [0, 0.05) is 24.5 Å². The molecule has 0 unspecified atom stereocenters. The zero-order valence-corrected chi connectivity index (χ0v) is 13.6. The van der Waals surface area contributed by atoms with Crippen molar-refractivity contribution in [3.63, 3.8) is 0 Å². The number of nitrogens with one attached hydrogen (secondary N) is 1. The van der Waals surface area contributed by atoms with Crippen LogP contribution < -0.4 is 5.56 Å². The van der Waals surface area contributed by atoms with E-state index >= 15 is 0 Å². The monoisotopic (exact) mass is 314 g/mol. The normalized spacial score (nSPS) is 16.7. The first kappa shape index (κ1) is 15.7. The first-order chi connectivity index (χ1) is 10.9. The van der Waals surface area contributed by atoms with Crippen LogP contribution in [0.4, 0.5) is 0 Å². The fraction of sp³-hybridized carbons (Fsp3) is 0.444. The Labute approximate surface area is 134 Å². The predicted molar refractivity (Wildman–Crippen MR) is 89.7 cm³/mol. The average molecular weight is 314 g/mol. The van der Waals surface area contributed by atoms with Gasteiger partial charge >= 0.3 is 0 Å². The fourth-order valence-electron chi connectivity index (χ4n) is 3.56. The van der Waals surface area contributed by atoms with Crippen molar-refractivity contribution in [1.29, 1.82) is 0 Å². The molecule has 3 rings (SSSR count). The molecule has 1 aliphatic rings. The summed E-state index contributed by atoms with van der Waals surface area (Å²) >= 11 is 0. The van der Waals surface area contributed by atoms with E-state index in [1.165, 1.54) is 4.90 Å². The Morgan fingerprint density at radius 1 is 1.30 bits per heavy atom. The van der Waals surface area contributed by atoms with E-state index in [1.807, 2.05) is 24.3 Å². The van der Waals surface area contributed by atoms with Crippen molar-refractivity contribution >= 4 is 16.8 Å². The Morgan fingerprint density at radius 3 is 2.65 bits per heavy atom. The third-order valence-electron chi connectivity index (χ3n) is 4.81. The van der Waals surface area contributed by atoms with E-state index in [-0.39, 0.29) is 23.6 Å². The number of hydrogen-bond donors (Lipinski definition) is 2. The number of aromatic amines is 1. The minimum atomic E-state index is -0.818. The van der Waals surface area contributed by atoms with Crippen LogP contribution in [0.1, 0.15) is 41.6 Å². The van der Waals surface area contributed by atoms with Crippen LogP contribution >= 0.6 is 0 Å². The summed E-state index contributed by atoms with van der Waals surface area (Å²) in [6.45, 7) is 2.06. The summed E-state index contributed by atoms with van der Waals surface area (Å²) in [7, 11) is 1.65. The van der Waals surface area contributed by atoms with Crippen molar-refractivity contribution in [3.05, 3.63) is 45.7 Å². The Hall–Kier alpha value is -2.14. The highest BCUT2D eigenvalue weighted by Gasteiger charge is 2.34. The molecule has 122 valence electrons. The summed E-state index contributed by atoms with van der Waals surface area (Å²) < 4.78 is 0. The molecular formula is C18H22N2O3. The number of benzene rings is 1. The Kier molecular flexibility index (Phi) is 3.98. The molecule has 1 heterocycles. The van der Waals surface area contributed by atoms with E-state index in [0.717, 1.165) is 23.7 Å². The first-order valence-electron chi connectivity index (χ1n) is 8.01. The maximum Gasteiger partial charge on any atom is 0.261 e. The van der Waals surface area contributed by atoms with E-state index in [4.69, 9.17) is 0 Å². The molecule has 0 radical (unpaired) electrons. The quantitative estimate of drug-likeness (QED) is 0.912. The number of para-hydroxylation sites is 1. The third-order valence-corrected chi connectivity index (χ3v) is 4.81. The molecule has 5 nitrogen and oxygen atoms in total. The maximum atomic E-state index is 12.8. The molecule has 1 saturated carbocycles. The summed E-state index contributed by atoms with van der Waals surface area (Å²) in [6, 6.07) is 7.44.